The van der Waals surface area contributed by atoms with Gasteiger partial charge >= 0.3 is 0 Å². The van der Waals surface area contributed by atoms with Crippen molar-refractivity contribution < 1.29 is 14.3 Å². The first-order valence-electron chi connectivity index (χ1n) is 9.71. The summed E-state index contributed by atoms with van der Waals surface area (Å²) in [5.41, 5.74) is 1.78. The van der Waals surface area contributed by atoms with E-state index < -0.39 is 0 Å². The van der Waals surface area contributed by atoms with Crippen LogP contribution in [0.2, 0.25) is 0 Å². The van der Waals surface area contributed by atoms with Crippen LogP contribution in [0.3, 0.4) is 0 Å². The number of aromatic amines is 1. The van der Waals surface area contributed by atoms with Crippen LogP contribution in [-0.4, -0.2) is 39.9 Å². The maximum Gasteiger partial charge on any atom is 0.274 e. The molecule has 0 aliphatic carbocycles. The fourth-order valence-electron chi connectivity index (χ4n) is 3.30. The Morgan fingerprint density at radius 3 is 2.48 bits per heavy atom. The standard InChI is InChI=1S/C21H27N3O3/c1-16(25)17-9-8-10-19(13-17)27-15-18-14-20(23-22-18)21(26)24-11-6-4-2-3-5-7-12-24/h8-10,13-14H,2-7,11-12,15H2,1H3,(H,22,23). The van der Waals surface area contributed by atoms with Gasteiger partial charge in [0.25, 0.3) is 5.91 Å². The van der Waals surface area contributed by atoms with Crippen LogP contribution in [0.4, 0.5) is 0 Å². The van der Waals surface area contributed by atoms with Crippen molar-refractivity contribution in [2.24, 2.45) is 0 Å². The Morgan fingerprint density at radius 1 is 1.07 bits per heavy atom. The van der Waals surface area contributed by atoms with E-state index >= 15 is 0 Å². The Morgan fingerprint density at radius 2 is 1.78 bits per heavy atom. The van der Waals surface area contributed by atoms with Crippen molar-refractivity contribution in [3.8, 4) is 5.75 Å². The number of Topliss-reactive ketones (excluding diaryl/α,β-unsaturated/α-hetero) is 1. The maximum absolute atomic E-state index is 12.7. The molecule has 1 aliphatic rings. The summed E-state index contributed by atoms with van der Waals surface area (Å²) < 4.78 is 5.73. The van der Waals surface area contributed by atoms with E-state index in [2.05, 4.69) is 10.2 Å². The van der Waals surface area contributed by atoms with Gasteiger partial charge in [0, 0.05) is 18.7 Å². The lowest BCUT2D eigenvalue weighted by molar-refractivity contribution is 0.0746. The number of benzene rings is 1. The van der Waals surface area contributed by atoms with Gasteiger partial charge in [-0.1, -0.05) is 37.8 Å². The smallest absolute Gasteiger partial charge is 0.274 e. The minimum Gasteiger partial charge on any atom is -0.487 e. The quantitative estimate of drug-likeness (QED) is 0.809. The second-order valence-corrected chi connectivity index (χ2v) is 7.06. The summed E-state index contributed by atoms with van der Waals surface area (Å²) in [7, 11) is 0. The molecular formula is C21H27N3O3. The van der Waals surface area contributed by atoms with Gasteiger partial charge in [-0.05, 0) is 38.0 Å². The monoisotopic (exact) mass is 369 g/mol. The van der Waals surface area contributed by atoms with Gasteiger partial charge in [-0.25, -0.2) is 0 Å². The minimum atomic E-state index is -0.0158. The zero-order valence-electron chi connectivity index (χ0n) is 15.9. The number of amides is 1. The number of rotatable bonds is 5. The average Bonchev–Trinajstić information content (AvgIpc) is 3.19. The predicted molar refractivity (Wildman–Crippen MR) is 103 cm³/mol. The molecule has 0 unspecified atom stereocenters. The lowest BCUT2D eigenvalue weighted by Crippen LogP contribution is -2.33. The van der Waals surface area contributed by atoms with E-state index in [9.17, 15) is 9.59 Å². The second-order valence-electron chi connectivity index (χ2n) is 7.06. The van der Waals surface area contributed by atoms with E-state index in [0.29, 0.717) is 17.0 Å². The number of ether oxygens (including phenoxy) is 1. The van der Waals surface area contributed by atoms with Crippen LogP contribution in [0.5, 0.6) is 5.75 Å². The number of aromatic nitrogens is 2. The first-order chi connectivity index (χ1) is 13.1. The van der Waals surface area contributed by atoms with Crippen LogP contribution < -0.4 is 4.74 Å². The van der Waals surface area contributed by atoms with Gasteiger partial charge in [-0.3, -0.25) is 14.7 Å². The lowest BCUT2D eigenvalue weighted by atomic mass is 10.1. The molecule has 0 saturated carbocycles. The Kier molecular flexibility index (Phi) is 6.63. The zero-order chi connectivity index (χ0) is 19.1. The molecule has 0 spiro atoms. The van der Waals surface area contributed by atoms with Gasteiger partial charge in [0.15, 0.2) is 11.5 Å². The minimum absolute atomic E-state index is 0.000997. The van der Waals surface area contributed by atoms with Crippen LogP contribution in [-0.2, 0) is 6.61 Å². The third-order valence-corrected chi connectivity index (χ3v) is 4.88. The highest BCUT2D eigenvalue weighted by atomic mass is 16.5. The number of carbonyl (C=O) groups excluding carboxylic acids is 2. The van der Waals surface area contributed by atoms with E-state index in [1.807, 2.05) is 4.90 Å². The largest absolute Gasteiger partial charge is 0.487 e. The van der Waals surface area contributed by atoms with E-state index in [1.54, 1.807) is 30.3 Å². The summed E-state index contributed by atoms with van der Waals surface area (Å²) in [6.07, 6.45) is 7.00. The third-order valence-electron chi connectivity index (χ3n) is 4.88. The molecule has 1 aromatic heterocycles. The molecule has 27 heavy (non-hydrogen) atoms. The molecule has 2 heterocycles. The summed E-state index contributed by atoms with van der Waals surface area (Å²) >= 11 is 0. The molecule has 1 N–H and O–H groups in total. The number of nitrogens with zero attached hydrogens (tertiary/aromatic N) is 2. The molecule has 0 bridgehead atoms. The van der Waals surface area contributed by atoms with Crippen LogP contribution in [0.15, 0.2) is 30.3 Å². The molecule has 1 aliphatic heterocycles. The number of carbonyl (C=O) groups is 2. The fourth-order valence-corrected chi connectivity index (χ4v) is 3.30. The van der Waals surface area contributed by atoms with Gasteiger partial charge in [-0.15, -0.1) is 0 Å². The molecule has 6 heteroatoms. The number of ketones is 1. The lowest BCUT2D eigenvalue weighted by Gasteiger charge is -2.20. The van der Waals surface area contributed by atoms with Crippen molar-refractivity contribution in [1.29, 1.82) is 0 Å². The molecule has 1 saturated heterocycles. The van der Waals surface area contributed by atoms with Crippen molar-refractivity contribution in [3.63, 3.8) is 0 Å². The Hall–Kier alpha value is -2.63. The van der Waals surface area contributed by atoms with Gasteiger partial charge < -0.3 is 9.64 Å². The molecule has 1 amide bonds. The highest BCUT2D eigenvalue weighted by Crippen LogP contribution is 2.17. The van der Waals surface area contributed by atoms with Crippen LogP contribution in [0.1, 0.15) is 72.0 Å². The number of nitrogens with one attached hydrogen (secondary N) is 1. The Labute approximate surface area is 159 Å². The molecule has 0 radical (unpaired) electrons. The van der Waals surface area contributed by atoms with Crippen molar-refractivity contribution in [1.82, 2.24) is 15.1 Å². The summed E-state index contributed by atoms with van der Waals surface area (Å²) in [5.74, 6) is 0.599. The van der Waals surface area contributed by atoms with Crippen molar-refractivity contribution in [3.05, 3.63) is 47.3 Å². The first kappa shape index (κ1) is 19.1. The van der Waals surface area contributed by atoms with Gasteiger partial charge in [0.05, 0.1) is 5.69 Å². The van der Waals surface area contributed by atoms with Gasteiger partial charge in [0.2, 0.25) is 0 Å². The summed E-state index contributed by atoms with van der Waals surface area (Å²) in [4.78, 5) is 26.1. The zero-order valence-corrected chi connectivity index (χ0v) is 15.9. The highest BCUT2D eigenvalue weighted by molar-refractivity contribution is 5.94. The molecule has 144 valence electrons. The molecule has 1 fully saturated rings. The van der Waals surface area contributed by atoms with Gasteiger partial charge in [0.1, 0.15) is 12.4 Å². The van der Waals surface area contributed by atoms with Crippen molar-refractivity contribution in [2.45, 2.75) is 52.1 Å². The third kappa shape index (κ3) is 5.42. The predicted octanol–water partition coefficient (Wildman–Crippen LogP) is 3.99. The van der Waals surface area contributed by atoms with E-state index in [1.165, 1.54) is 32.6 Å². The Balaban J connectivity index is 1.59. The fraction of sp³-hybridized carbons (Fsp3) is 0.476. The van der Waals surface area contributed by atoms with Crippen molar-refractivity contribution >= 4 is 11.7 Å². The number of hydrogen-bond acceptors (Lipinski definition) is 4. The molecule has 1 aromatic carbocycles. The van der Waals surface area contributed by atoms with Crippen molar-refractivity contribution in [2.75, 3.05) is 13.1 Å². The van der Waals surface area contributed by atoms with Gasteiger partial charge in [-0.2, -0.15) is 5.10 Å². The molecule has 3 rings (SSSR count). The molecule has 0 atom stereocenters. The van der Waals surface area contributed by atoms with E-state index in [4.69, 9.17) is 4.74 Å². The summed E-state index contributed by atoms with van der Waals surface area (Å²) in [5, 5.41) is 7.06. The normalized spacial score (nSPS) is 15.5. The van der Waals surface area contributed by atoms with Crippen LogP contribution >= 0.6 is 0 Å². The second kappa shape index (κ2) is 9.35. The maximum atomic E-state index is 12.7. The van der Waals surface area contributed by atoms with E-state index in [0.717, 1.165) is 31.6 Å². The summed E-state index contributed by atoms with van der Waals surface area (Å²) in [6.45, 7) is 3.39. The molecule has 6 nitrogen and oxygen atoms in total. The topological polar surface area (TPSA) is 75.3 Å². The highest BCUT2D eigenvalue weighted by Gasteiger charge is 2.19. The average molecular weight is 369 g/mol. The first-order valence-corrected chi connectivity index (χ1v) is 9.71. The SMILES string of the molecule is CC(=O)c1cccc(OCc2cc(C(=O)N3CCCCCCCC3)n[nH]2)c1. The van der Waals surface area contributed by atoms with Crippen LogP contribution in [0.25, 0.3) is 0 Å². The molecular weight excluding hydrogens is 342 g/mol. The molecule has 2 aromatic rings. The Bertz CT molecular complexity index is 774. The summed E-state index contributed by atoms with van der Waals surface area (Å²) in [6, 6.07) is 8.82. The number of H-pyrrole nitrogens is 1. The van der Waals surface area contributed by atoms with E-state index in [-0.39, 0.29) is 18.3 Å². The number of hydrogen-bond donors (Lipinski definition) is 1. The van der Waals surface area contributed by atoms with Crippen LogP contribution in [0, 0.1) is 0 Å².